The van der Waals surface area contributed by atoms with E-state index in [1.54, 1.807) is 23.8 Å². The predicted molar refractivity (Wildman–Crippen MR) is 111 cm³/mol. The zero-order valence-corrected chi connectivity index (χ0v) is 16.7. The Hall–Kier alpha value is -2.91. The Kier molecular flexibility index (Phi) is 6.27. The van der Waals surface area contributed by atoms with Gasteiger partial charge in [0.25, 0.3) is 11.6 Å². The molecule has 1 amide bonds. The Bertz CT molecular complexity index is 1100. The molecule has 0 unspecified atom stereocenters. The number of nitro benzene ring substituents is 1. The number of carbonyl (C=O) groups is 1. The summed E-state index contributed by atoms with van der Waals surface area (Å²) < 4.78 is 7.70. The van der Waals surface area contributed by atoms with E-state index in [1.807, 2.05) is 24.3 Å². The molecule has 0 spiro atoms. The highest BCUT2D eigenvalue weighted by molar-refractivity contribution is 8.00. The van der Waals surface area contributed by atoms with E-state index in [1.165, 1.54) is 35.2 Å². The van der Waals surface area contributed by atoms with E-state index in [-0.39, 0.29) is 17.3 Å². The highest BCUT2D eigenvalue weighted by Gasteiger charge is 2.12. The van der Waals surface area contributed by atoms with Gasteiger partial charge in [0.05, 0.1) is 28.0 Å². The third-order valence-electron chi connectivity index (χ3n) is 3.83. The summed E-state index contributed by atoms with van der Waals surface area (Å²) in [6, 6.07) is 12.0. The number of thiazole rings is 1. The maximum Gasteiger partial charge on any atom is 0.271 e. The Morgan fingerprint density at radius 2 is 2.11 bits per heavy atom. The van der Waals surface area contributed by atoms with Crippen molar-refractivity contribution in [1.82, 2.24) is 4.57 Å². The first-order chi connectivity index (χ1) is 13.5. The van der Waals surface area contributed by atoms with E-state index in [0.717, 1.165) is 15.3 Å². The first-order valence-corrected chi connectivity index (χ1v) is 10.0. The van der Waals surface area contributed by atoms with Gasteiger partial charge in [0, 0.05) is 23.6 Å². The summed E-state index contributed by atoms with van der Waals surface area (Å²) >= 11 is 2.70. The first-order valence-electron chi connectivity index (χ1n) is 8.25. The number of benzene rings is 2. The van der Waals surface area contributed by atoms with Crippen LogP contribution in [0.25, 0.3) is 10.2 Å². The molecule has 1 aromatic heterocycles. The van der Waals surface area contributed by atoms with Crippen molar-refractivity contribution in [2.45, 2.75) is 11.4 Å². The molecule has 9 heteroatoms. The normalized spacial score (nSPS) is 11.5. The van der Waals surface area contributed by atoms with Gasteiger partial charge in [-0.15, -0.1) is 18.3 Å². The topological polar surface area (TPSA) is 86.7 Å². The summed E-state index contributed by atoms with van der Waals surface area (Å²) in [5.41, 5.74) is 0.657. The monoisotopic (exact) mass is 415 g/mol. The molecule has 28 heavy (non-hydrogen) atoms. The van der Waals surface area contributed by atoms with E-state index in [0.29, 0.717) is 16.9 Å². The molecule has 3 rings (SSSR count). The number of nitro groups is 1. The van der Waals surface area contributed by atoms with Crippen LogP contribution in [0.2, 0.25) is 0 Å². The lowest BCUT2D eigenvalue weighted by Gasteiger charge is -2.02. The number of carbonyl (C=O) groups excluding carboxylic acids is 1. The second-order valence-electron chi connectivity index (χ2n) is 5.66. The number of ether oxygens (including phenoxy) is 1. The average molecular weight is 415 g/mol. The van der Waals surface area contributed by atoms with Gasteiger partial charge in [-0.25, -0.2) is 0 Å². The Labute approximate surface area is 169 Å². The SMILES string of the molecule is C=CCn1c(=NC(=O)CSc2ccc(OC)cc2)sc2ccc([N+](=O)[O-])cc21. The Morgan fingerprint density at radius 1 is 1.36 bits per heavy atom. The second-order valence-corrected chi connectivity index (χ2v) is 7.72. The van der Waals surface area contributed by atoms with Crippen LogP contribution in [0.4, 0.5) is 5.69 Å². The van der Waals surface area contributed by atoms with Crippen LogP contribution in [0, 0.1) is 10.1 Å². The van der Waals surface area contributed by atoms with E-state index in [4.69, 9.17) is 4.74 Å². The van der Waals surface area contributed by atoms with E-state index >= 15 is 0 Å². The lowest BCUT2D eigenvalue weighted by Crippen LogP contribution is -2.16. The van der Waals surface area contributed by atoms with E-state index in [9.17, 15) is 14.9 Å². The molecule has 0 atom stereocenters. The lowest BCUT2D eigenvalue weighted by atomic mass is 10.3. The van der Waals surface area contributed by atoms with Crippen molar-refractivity contribution in [3.05, 3.63) is 70.0 Å². The fourth-order valence-electron chi connectivity index (χ4n) is 2.52. The Balaban J connectivity index is 1.86. The molecule has 3 aromatic rings. The molecule has 0 aliphatic carbocycles. The van der Waals surface area contributed by atoms with Gasteiger partial charge in [0.15, 0.2) is 4.80 Å². The van der Waals surface area contributed by atoms with Gasteiger partial charge in [-0.3, -0.25) is 14.9 Å². The molecule has 0 aliphatic rings. The van der Waals surface area contributed by atoms with Crippen LogP contribution in [0.5, 0.6) is 5.75 Å². The highest BCUT2D eigenvalue weighted by Crippen LogP contribution is 2.24. The minimum absolute atomic E-state index is 0.00366. The molecular formula is C19H17N3O4S2. The maximum absolute atomic E-state index is 12.4. The smallest absolute Gasteiger partial charge is 0.271 e. The van der Waals surface area contributed by atoms with Crippen molar-refractivity contribution < 1.29 is 14.5 Å². The molecule has 0 saturated heterocycles. The number of aromatic nitrogens is 1. The van der Waals surface area contributed by atoms with Gasteiger partial charge in [0.2, 0.25) is 0 Å². The summed E-state index contributed by atoms with van der Waals surface area (Å²) in [7, 11) is 1.60. The van der Waals surface area contributed by atoms with Crippen LogP contribution in [0.15, 0.2) is 65.0 Å². The first kappa shape index (κ1) is 19.8. The summed E-state index contributed by atoms with van der Waals surface area (Å²) in [6.45, 7) is 4.12. The third-order valence-corrected chi connectivity index (χ3v) is 5.89. The minimum Gasteiger partial charge on any atom is -0.497 e. The van der Waals surface area contributed by atoms with Crippen LogP contribution < -0.4 is 9.54 Å². The maximum atomic E-state index is 12.4. The van der Waals surface area contributed by atoms with Crippen LogP contribution in [-0.4, -0.2) is 28.3 Å². The van der Waals surface area contributed by atoms with E-state index < -0.39 is 4.92 Å². The van der Waals surface area contributed by atoms with Crippen molar-refractivity contribution in [2.75, 3.05) is 12.9 Å². The molecule has 1 heterocycles. The van der Waals surface area contributed by atoms with Gasteiger partial charge in [-0.05, 0) is 30.3 Å². The molecule has 0 radical (unpaired) electrons. The molecule has 0 N–H and O–H groups in total. The van der Waals surface area contributed by atoms with Crippen LogP contribution in [-0.2, 0) is 11.3 Å². The summed E-state index contributed by atoms with van der Waals surface area (Å²) in [6.07, 6.45) is 1.67. The molecule has 144 valence electrons. The molecule has 0 aliphatic heterocycles. The number of thioether (sulfide) groups is 1. The fourth-order valence-corrected chi connectivity index (χ4v) is 4.24. The largest absolute Gasteiger partial charge is 0.497 e. The fraction of sp³-hybridized carbons (Fsp3) is 0.158. The van der Waals surface area contributed by atoms with Gasteiger partial charge in [-0.2, -0.15) is 4.99 Å². The van der Waals surface area contributed by atoms with Crippen LogP contribution in [0.3, 0.4) is 0 Å². The van der Waals surface area contributed by atoms with Crippen molar-refractivity contribution in [1.29, 1.82) is 0 Å². The number of nitrogens with zero attached hydrogens (tertiary/aromatic N) is 3. The second kappa shape index (κ2) is 8.85. The van der Waals surface area contributed by atoms with Crippen LogP contribution in [0.1, 0.15) is 0 Å². The predicted octanol–water partition coefficient (Wildman–Crippen LogP) is 4.03. The number of rotatable bonds is 7. The van der Waals surface area contributed by atoms with Crippen molar-refractivity contribution in [2.24, 2.45) is 4.99 Å². The molecule has 0 fully saturated rings. The number of fused-ring (bicyclic) bond motifs is 1. The van der Waals surface area contributed by atoms with Crippen LogP contribution >= 0.6 is 23.1 Å². The Morgan fingerprint density at radius 3 is 2.75 bits per heavy atom. The molecule has 2 aromatic carbocycles. The number of allylic oxidation sites excluding steroid dienone is 1. The van der Waals surface area contributed by atoms with Gasteiger partial charge in [0.1, 0.15) is 5.75 Å². The van der Waals surface area contributed by atoms with Crippen molar-refractivity contribution in [3.8, 4) is 5.75 Å². The number of hydrogen-bond acceptors (Lipinski definition) is 6. The van der Waals surface area contributed by atoms with Crippen molar-refractivity contribution >= 4 is 44.9 Å². The summed E-state index contributed by atoms with van der Waals surface area (Å²) in [5.74, 6) is 0.666. The van der Waals surface area contributed by atoms with E-state index in [2.05, 4.69) is 11.6 Å². The molecule has 7 nitrogen and oxygen atoms in total. The zero-order valence-electron chi connectivity index (χ0n) is 15.0. The minimum atomic E-state index is -0.442. The quantitative estimate of drug-likeness (QED) is 0.252. The highest BCUT2D eigenvalue weighted by atomic mass is 32.2. The molecule has 0 bridgehead atoms. The van der Waals surface area contributed by atoms with Gasteiger partial charge in [-0.1, -0.05) is 17.4 Å². The summed E-state index contributed by atoms with van der Waals surface area (Å²) in [5, 5.41) is 11.0. The average Bonchev–Trinajstić information content (AvgIpc) is 3.03. The standard InChI is InChI=1S/C19H17N3O4S2/c1-3-10-21-16-11-13(22(24)25)4-9-17(16)28-19(21)20-18(23)12-27-15-7-5-14(26-2)6-8-15/h3-9,11H,1,10,12H2,2H3. The molecular weight excluding hydrogens is 398 g/mol. The number of non-ortho nitro benzene ring substituents is 1. The molecule has 0 saturated carbocycles. The zero-order chi connectivity index (χ0) is 20.1. The summed E-state index contributed by atoms with van der Waals surface area (Å²) in [4.78, 5) is 28.6. The number of hydrogen-bond donors (Lipinski definition) is 0. The van der Waals surface area contributed by atoms with Gasteiger partial charge < -0.3 is 9.30 Å². The number of amides is 1. The third kappa shape index (κ3) is 4.49. The van der Waals surface area contributed by atoms with Gasteiger partial charge >= 0.3 is 0 Å². The lowest BCUT2D eigenvalue weighted by molar-refractivity contribution is -0.384. The van der Waals surface area contributed by atoms with Crippen molar-refractivity contribution in [3.63, 3.8) is 0 Å². The number of methoxy groups -OCH3 is 1.